The van der Waals surface area contributed by atoms with Crippen molar-refractivity contribution in [3.05, 3.63) is 18.5 Å². The molecule has 0 N–H and O–H groups in total. The van der Waals surface area contributed by atoms with Crippen LogP contribution in [-0.2, 0) is 32.7 Å². The van der Waals surface area contributed by atoms with Crippen molar-refractivity contribution in [2.45, 2.75) is 0 Å². The summed E-state index contributed by atoms with van der Waals surface area (Å²) >= 11 is 0. The van der Waals surface area contributed by atoms with Gasteiger partial charge >= 0.3 is 0 Å². The van der Waals surface area contributed by atoms with Crippen molar-refractivity contribution < 1.29 is 32.7 Å². The van der Waals surface area contributed by atoms with E-state index in [1.807, 2.05) is 0 Å². The Bertz CT molecular complexity index is 65.3. The topological polar surface area (TPSA) is 27.0 Å². The van der Waals surface area contributed by atoms with Crippen LogP contribution >= 0.6 is 0 Å². The van der Waals surface area contributed by atoms with Gasteiger partial charge in [0.15, 0.2) is 0 Å². The van der Waals surface area contributed by atoms with Gasteiger partial charge in [-0.2, -0.15) is 0 Å². The molecule has 0 aliphatic heterocycles. The van der Waals surface area contributed by atoms with E-state index in [9.17, 15) is 0 Å². The van der Waals surface area contributed by atoms with Crippen LogP contribution in [0.4, 0.5) is 0 Å². The fraction of sp³-hybridized carbons (Fsp3) is 0. The summed E-state index contributed by atoms with van der Waals surface area (Å²) in [6.45, 7) is 0. The van der Waals surface area contributed by atoms with Gasteiger partial charge in [-0.25, -0.2) is 0 Å². The zero-order chi connectivity index (χ0) is 3.54. The van der Waals surface area contributed by atoms with Crippen LogP contribution in [0.5, 0.6) is 0 Å². The second-order valence-corrected chi connectivity index (χ2v) is 0.660. The third kappa shape index (κ3) is 1.68. The molecule has 1 aromatic rings. The first-order chi connectivity index (χ1) is 2.50. The predicted molar refractivity (Wildman–Crippen MR) is 16.4 cm³/mol. The van der Waals surface area contributed by atoms with E-state index < -0.39 is 0 Å². The van der Waals surface area contributed by atoms with Crippen LogP contribution in [0.1, 0.15) is 0 Å². The van der Waals surface area contributed by atoms with Crippen molar-refractivity contribution >= 4 is 0 Å². The van der Waals surface area contributed by atoms with Gasteiger partial charge in [-0.3, -0.25) is 0 Å². The normalized spacial score (nSPS) is 6.67. The zero-order valence-corrected chi connectivity index (χ0v) is 5.96. The predicted octanol–water partition coefficient (Wildman–Crippen LogP) is -0.164. The fourth-order valence-electron chi connectivity index (χ4n) is 0.167. The van der Waals surface area contributed by atoms with E-state index in [0.717, 1.165) is 0 Å². The summed E-state index contributed by atoms with van der Waals surface area (Å²) in [5, 5.41) is 6.76. The minimum atomic E-state index is 0. The summed E-state index contributed by atoms with van der Waals surface area (Å²) in [6.07, 6.45) is 4.08. The smallest absolute Gasteiger partial charge is 0.00249 e. The summed E-state index contributed by atoms with van der Waals surface area (Å²) in [5.74, 6) is 0. The molecule has 0 saturated heterocycles. The van der Waals surface area contributed by atoms with Gasteiger partial charge in [0, 0.05) is 38.9 Å². The summed E-state index contributed by atoms with van der Waals surface area (Å²) in [7, 11) is 0. The van der Waals surface area contributed by atoms with Crippen molar-refractivity contribution in [1.82, 2.24) is 10.2 Å². The molecule has 0 atom stereocenters. The Balaban J connectivity index is 0.000000250. The van der Waals surface area contributed by atoms with Crippen molar-refractivity contribution in [3.63, 3.8) is 0 Å². The van der Waals surface area contributed by atoms with Gasteiger partial charge in [0.2, 0.25) is 0 Å². The second kappa shape index (κ2) is 3.50. The molecule has 1 heterocycles. The molecule has 0 unspecified atom stereocenters. The SMILES string of the molecule is [Y].[c]1ccn[n-]1. The maximum absolute atomic E-state index is 3.42. The molecule has 2 radical (unpaired) electrons. The first kappa shape index (κ1) is 6.31. The number of hydrogen-bond donors (Lipinski definition) is 0. The third-order valence-electron chi connectivity index (χ3n) is 0.331. The minimum Gasteiger partial charge on any atom is -0.576 e. The quantitative estimate of drug-likeness (QED) is 0.520. The van der Waals surface area contributed by atoms with E-state index in [4.69, 9.17) is 0 Å². The zero-order valence-electron chi connectivity index (χ0n) is 3.13. The molecule has 1 rings (SSSR count). The first-order valence-corrected chi connectivity index (χ1v) is 1.30. The van der Waals surface area contributed by atoms with E-state index in [-0.39, 0.29) is 32.7 Å². The molecule has 3 heteroatoms. The first-order valence-electron chi connectivity index (χ1n) is 1.30. The number of aromatic nitrogens is 2. The van der Waals surface area contributed by atoms with Crippen molar-refractivity contribution in [3.8, 4) is 0 Å². The Hall–Kier alpha value is 0.314. The van der Waals surface area contributed by atoms with Gasteiger partial charge in [-0.1, -0.05) is 6.07 Å². The molecule has 28 valence electrons. The average molecular weight is 155 g/mol. The van der Waals surface area contributed by atoms with Crippen LogP contribution in [0.2, 0.25) is 0 Å². The van der Waals surface area contributed by atoms with E-state index in [1.165, 1.54) is 0 Å². The van der Waals surface area contributed by atoms with E-state index in [2.05, 4.69) is 16.4 Å². The molecule has 0 aromatic carbocycles. The van der Waals surface area contributed by atoms with Crippen molar-refractivity contribution in [2.24, 2.45) is 0 Å². The molecular formula is C3H2N2Y-. The molecule has 0 fully saturated rings. The average Bonchev–Trinajstić information content (AvgIpc) is 1.76. The maximum atomic E-state index is 3.42. The molecule has 0 aliphatic rings. The van der Waals surface area contributed by atoms with Crippen molar-refractivity contribution in [1.29, 1.82) is 0 Å². The molecule has 2 nitrogen and oxygen atoms in total. The molecule has 0 amide bonds. The molecule has 0 saturated carbocycles. The van der Waals surface area contributed by atoms with Crippen LogP contribution in [0, 0.1) is 6.20 Å². The van der Waals surface area contributed by atoms with Gasteiger partial charge in [0.05, 0.1) is 0 Å². The molecule has 0 spiro atoms. The van der Waals surface area contributed by atoms with Gasteiger partial charge in [0.1, 0.15) is 0 Å². The summed E-state index contributed by atoms with van der Waals surface area (Å²) in [5.41, 5.74) is 0. The van der Waals surface area contributed by atoms with E-state index in [0.29, 0.717) is 0 Å². The van der Waals surface area contributed by atoms with Crippen LogP contribution in [0.25, 0.3) is 0 Å². The Morgan fingerprint density at radius 2 is 2.50 bits per heavy atom. The number of hydrogen-bond acceptors (Lipinski definition) is 1. The van der Waals surface area contributed by atoms with Crippen LogP contribution in [0.3, 0.4) is 0 Å². The molecule has 6 heavy (non-hydrogen) atoms. The molecule has 0 aliphatic carbocycles. The van der Waals surface area contributed by atoms with Crippen LogP contribution in [-0.4, -0.2) is 5.10 Å². The fourth-order valence-corrected chi connectivity index (χ4v) is 0.167. The van der Waals surface area contributed by atoms with Gasteiger partial charge in [-0.05, 0) is 0 Å². The molecule has 1 aromatic heterocycles. The van der Waals surface area contributed by atoms with Crippen LogP contribution < -0.4 is 5.10 Å². The second-order valence-electron chi connectivity index (χ2n) is 0.660. The Kier molecular flexibility index (Phi) is 3.69. The summed E-state index contributed by atoms with van der Waals surface area (Å²) in [6, 6.07) is 1.65. The van der Waals surface area contributed by atoms with Gasteiger partial charge in [0.25, 0.3) is 0 Å². The molecule has 0 bridgehead atoms. The maximum Gasteiger partial charge on any atom is 0.00249 e. The van der Waals surface area contributed by atoms with Gasteiger partial charge in [-0.15, -0.1) is 6.20 Å². The van der Waals surface area contributed by atoms with Crippen molar-refractivity contribution in [2.75, 3.05) is 0 Å². The number of rotatable bonds is 0. The van der Waals surface area contributed by atoms with E-state index >= 15 is 0 Å². The standard InChI is InChI=1S/C3H2N2.Y/c1-2-4-5-3-1;/h1-2H;/q-1;. The Morgan fingerprint density at radius 1 is 1.67 bits per heavy atom. The van der Waals surface area contributed by atoms with Gasteiger partial charge < -0.3 is 10.2 Å². The molecular weight excluding hydrogens is 153 g/mol. The van der Waals surface area contributed by atoms with Crippen LogP contribution in [0.15, 0.2) is 12.3 Å². The summed E-state index contributed by atoms with van der Waals surface area (Å²) in [4.78, 5) is 0. The largest absolute Gasteiger partial charge is 0.576 e. The summed E-state index contributed by atoms with van der Waals surface area (Å²) < 4.78 is 0. The van der Waals surface area contributed by atoms with E-state index in [1.54, 1.807) is 12.3 Å². The Labute approximate surface area is 61.2 Å². The number of nitrogens with zero attached hydrogens (tertiary/aromatic N) is 2. The minimum absolute atomic E-state index is 0. The monoisotopic (exact) mass is 155 g/mol. The third-order valence-corrected chi connectivity index (χ3v) is 0.331. The Morgan fingerprint density at radius 3 is 2.67 bits per heavy atom.